The minimum atomic E-state index is 0.0525. The van der Waals surface area contributed by atoms with Gasteiger partial charge in [0.25, 0.3) is 5.91 Å². The van der Waals surface area contributed by atoms with Crippen LogP contribution in [0.25, 0.3) is 11.3 Å². The van der Waals surface area contributed by atoms with E-state index in [4.69, 9.17) is 0 Å². The first-order valence-electron chi connectivity index (χ1n) is 9.59. The zero-order valence-corrected chi connectivity index (χ0v) is 15.4. The van der Waals surface area contributed by atoms with Crippen molar-refractivity contribution in [3.05, 3.63) is 42.4 Å². The van der Waals surface area contributed by atoms with E-state index in [1.54, 1.807) is 12.5 Å². The summed E-state index contributed by atoms with van der Waals surface area (Å²) in [5.74, 6) is 0.276. The first-order valence-corrected chi connectivity index (χ1v) is 9.59. The molecule has 1 aromatic carbocycles. The van der Waals surface area contributed by atoms with Crippen molar-refractivity contribution in [2.24, 2.45) is 0 Å². The second-order valence-electron chi connectivity index (χ2n) is 7.20. The third kappa shape index (κ3) is 4.03. The normalized spacial score (nSPS) is 18.1. The highest BCUT2D eigenvalue weighted by Crippen LogP contribution is 2.18. The van der Waals surface area contributed by atoms with Crippen molar-refractivity contribution < 1.29 is 9.59 Å². The molecule has 2 saturated heterocycles. The number of aromatic nitrogens is 2. The Labute approximate surface area is 159 Å². The predicted octanol–water partition coefficient (Wildman–Crippen LogP) is 1.46. The Bertz CT molecular complexity index is 773. The van der Waals surface area contributed by atoms with E-state index in [-0.39, 0.29) is 11.8 Å². The van der Waals surface area contributed by atoms with Gasteiger partial charge in [0.1, 0.15) is 0 Å². The van der Waals surface area contributed by atoms with Crippen molar-refractivity contribution in [1.82, 2.24) is 24.7 Å². The van der Waals surface area contributed by atoms with Crippen LogP contribution in [0.5, 0.6) is 0 Å². The van der Waals surface area contributed by atoms with Crippen molar-refractivity contribution in [2.75, 3.05) is 45.8 Å². The zero-order chi connectivity index (χ0) is 18.6. The van der Waals surface area contributed by atoms with Crippen LogP contribution in [-0.4, -0.2) is 82.3 Å². The summed E-state index contributed by atoms with van der Waals surface area (Å²) >= 11 is 0. The number of amides is 2. The Morgan fingerprint density at radius 3 is 2.26 bits per heavy atom. The maximum atomic E-state index is 12.7. The number of aromatic amines is 1. The maximum absolute atomic E-state index is 12.7. The predicted molar refractivity (Wildman–Crippen MR) is 102 cm³/mol. The van der Waals surface area contributed by atoms with E-state index in [0.717, 1.165) is 50.3 Å². The third-order valence-electron chi connectivity index (χ3n) is 5.42. The van der Waals surface area contributed by atoms with Crippen LogP contribution in [0.2, 0.25) is 0 Å². The molecule has 0 atom stereocenters. The van der Waals surface area contributed by atoms with E-state index in [1.165, 1.54) is 0 Å². The Balaban J connectivity index is 1.30. The van der Waals surface area contributed by atoms with E-state index in [1.807, 2.05) is 34.1 Å². The molecular formula is C20H25N5O2. The molecule has 0 bridgehead atoms. The van der Waals surface area contributed by atoms with Crippen molar-refractivity contribution >= 4 is 11.8 Å². The smallest absolute Gasteiger partial charge is 0.253 e. The molecule has 2 aliphatic heterocycles. The van der Waals surface area contributed by atoms with Crippen LogP contribution < -0.4 is 0 Å². The van der Waals surface area contributed by atoms with Gasteiger partial charge in [-0.1, -0.05) is 12.1 Å². The van der Waals surface area contributed by atoms with Gasteiger partial charge in [-0.2, -0.15) is 0 Å². The van der Waals surface area contributed by atoms with Gasteiger partial charge < -0.3 is 14.8 Å². The molecule has 2 aliphatic rings. The van der Waals surface area contributed by atoms with Crippen LogP contribution in [0.3, 0.4) is 0 Å². The molecular weight excluding hydrogens is 342 g/mol. The Kier molecular flexibility index (Phi) is 5.20. The highest BCUT2D eigenvalue weighted by molar-refractivity contribution is 5.94. The summed E-state index contributed by atoms with van der Waals surface area (Å²) < 4.78 is 0. The highest BCUT2D eigenvalue weighted by Gasteiger charge is 2.25. The fraction of sp³-hybridized carbons (Fsp3) is 0.450. The lowest BCUT2D eigenvalue weighted by Gasteiger charge is -2.35. The van der Waals surface area contributed by atoms with Gasteiger partial charge in [0, 0.05) is 44.8 Å². The quantitative estimate of drug-likeness (QED) is 0.888. The van der Waals surface area contributed by atoms with Gasteiger partial charge in [-0.05, 0) is 30.5 Å². The first kappa shape index (κ1) is 17.7. The molecule has 2 fully saturated rings. The molecule has 27 heavy (non-hydrogen) atoms. The van der Waals surface area contributed by atoms with Crippen molar-refractivity contribution in [2.45, 2.75) is 12.8 Å². The minimum absolute atomic E-state index is 0.0525. The third-order valence-corrected chi connectivity index (χ3v) is 5.42. The summed E-state index contributed by atoms with van der Waals surface area (Å²) in [5, 5.41) is 0. The summed E-state index contributed by atoms with van der Waals surface area (Å²) in [6.07, 6.45) is 5.64. The van der Waals surface area contributed by atoms with Crippen LogP contribution in [0, 0.1) is 0 Å². The molecule has 3 heterocycles. The van der Waals surface area contributed by atoms with E-state index in [0.29, 0.717) is 25.2 Å². The summed E-state index contributed by atoms with van der Waals surface area (Å²) in [6, 6.07) is 7.60. The van der Waals surface area contributed by atoms with E-state index in [9.17, 15) is 9.59 Å². The van der Waals surface area contributed by atoms with Crippen LogP contribution in [0.4, 0.5) is 0 Å². The fourth-order valence-corrected chi connectivity index (χ4v) is 3.76. The molecule has 4 rings (SSSR count). The second-order valence-corrected chi connectivity index (χ2v) is 7.20. The van der Waals surface area contributed by atoms with Crippen LogP contribution in [0.15, 0.2) is 36.8 Å². The number of hydrogen-bond acceptors (Lipinski definition) is 4. The fourth-order valence-electron chi connectivity index (χ4n) is 3.76. The molecule has 7 heteroatoms. The Morgan fingerprint density at radius 1 is 0.926 bits per heavy atom. The average molecular weight is 367 g/mol. The number of hydrogen-bond donors (Lipinski definition) is 1. The van der Waals surface area contributed by atoms with Gasteiger partial charge in [0.2, 0.25) is 5.91 Å². The molecule has 2 aromatic rings. The van der Waals surface area contributed by atoms with Crippen molar-refractivity contribution in [1.29, 1.82) is 0 Å². The molecule has 1 aromatic heterocycles. The maximum Gasteiger partial charge on any atom is 0.253 e. The number of likely N-dealkylation sites (tertiary alicyclic amines) is 1. The van der Waals surface area contributed by atoms with Crippen LogP contribution >= 0.6 is 0 Å². The molecule has 2 amide bonds. The molecule has 0 radical (unpaired) electrons. The zero-order valence-electron chi connectivity index (χ0n) is 15.4. The first-order chi connectivity index (χ1) is 13.2. The molecule has 0 aliphatic carbocycles. The van der Waals surface area contributed by atoms with Crippen molar-refractivity contribution in [3.8, 4) is 11.3 Å². The van der Waals surface area contributed by atoms with Crippen LogP contribution in [-0.2, 0) is 4.79 Å². The summed E-state index contributed by atoms with van der Waals surface area (Å²) in [5.41, 5.74) is 2.64. The SMILES string of the molecule is O=C(CN1CCN(C(=O)c2ccc(-c3cnc[nH]3)cc2)CC1)N1CCCC1. The van der Waals surface area contributed by atoms with E-state index < -0.39 is 0 Å². The number of nitrogens with zero attached hydrogens (tertiary/aromatic N) is 4. The molecule has 0 spiro atoms. The standard InChI is InChI=1S/C20H25N5O2/c26-19(24-7-1-2-8-24)14-23-9-11-25(12-10-23)20(27)17-5-3-16(4-6-17)18-13-21-15-22-18/h3-6,13,15H,1-2,7-12,14H2,(H,21,22). The number of benzene rings is 1. The molecule has 0 unspecified atom stereocenters. The average Bonchev–Trinajstić information content (AvgIpc) is 3.42. The minimum Gasteiger partial charge on any atom is -0.345 e. The Hall–Kier alpha value is -2.67. The number of imidazole rings is 1. The van der Waals surface area contributed by atoms with Gasteiger partial charge in [-0.3, -0.25) is 14.5 Å². The number of carbonyl (C=O) groups is 2. The number of nitrogens with one attached hydrogen (secondary N) is 1. The monoisotopic (exact) mass is 367 g/mol. The topological polar surface area (TPSA) is 72.5 Å². The number of rotatable bonds is 4. The van der Waals surface area contributed by atoms with Gasteiger partial charge in [0.15, 0.2) is 0 Å². The second kappa shape index (κ2) is 7.92. The largest absolute Gasteiger partial charge is 0.345 e. The Morgan fingerprint density at radius 2 is 1.63 bits per heavy atom. The van der Waals surface area contributed by atoms with E-state index >= 15 is 0 Å². The molecule has 0 saturated carbocycles. The van der Waals surface area contributed by atoms with Crippen molar-refractivity contribution in [3.63, 3.8) is 0 Å². The summed E-state index contributed by atoms with van der Waals surface area (Å²) in [7, 11) is 0. The highest BCUT2D eigenvalue weighted by atomic mass is 16.2. The lowest BCUT2D eigenvalue weighted by Crippen LogP contribution is -2.51. The van der Waals surface area contributed by atoms with E-state index in [2.05, 4.69) is 14.9 Å². The van der Waals surface area contributed by atoms with Crippen LogP contribution in [0.1, 0.15) is 23.2 Å². The number of H-pyrrole nitrogens is 1. The number of carbonyl (C=O) groups excluding carboxylic acids is 2. The lowest BCUT2D eigenvalue weighted by atomic mass is 10.1. The molecule has 142 valence electrons. The van der Waals surface area contributed by atoms with Gasteiger partial charge >= 0.3 is 0 Å². The van der Waals surface area contributed by atoms with Gasteiger partial charge in [-0.15, -0.1) is 0 Å². The van der Waals surface area contributed by atoms with Gasteiger partial charge in [-0.25, -0.2) is 4.98 Å². The summed E-state index contributed by atoms with van der Waals surface area (Å²) in [4.78, 5) is 38.1. The molecule has 1 N–H and O–H groups in total. The lowest BCUT2D eigenvalue weighted by molar-refractivity contribution is -0.131. The summed E-state index contributed by atoms with van der Waals surface area (Å²) in [6.45, 7) is 5.08. The molecule has 7 nitrogen and oxygen atoms in total. The number of piperazine rings is 1. The van der Waals surface area contributed by atoms with Gasteiger partial charge in [0.05, 0.1) is 24.8 Å².